The van der Waals surface area contributed by atoms with Crippen molar-refractivity contribution in [1.82, 2.24) is 10.6 Å². The second kappa shape index (κ2) is 13.6. The van der Waals surface area contributed by atoms with Crippen molar-refractivity contribution < 1.29 is 4.79 Å². The summed E-state index contributed by atoms with van der Waals surface area (Å²) in [6, 6.07) is 2.72. The summed E-state index contributed by atoms with van der Waals surface area (Å²) in [6.45, 7) is 0. The highest BCUT2D eigenvalue weighted by Crippen LogP contribution is 2.18. The topological polar surface area (TPSA) is 64.9 Å². The minimum absolute atomic E-state index is 0.198. The summed E-state index contributed by atoms with van der Waals surface area (Å²) in [5.41, 5.74) is 0.227. The third kappa shape index (κ3) is 9.31. The predicted octanol–water partition coefficient (Wildman–Crippen LogP) is 5.50. The van der Waals surface area contributed by atoms with E-state index < -0.39 is 0 Å². The van der Waals surface area contributed by atoms with Crippen LogP contribution in [0.15, 0.2) is 11.8 Å². The number of nitrogens with zero attached hydrogens (tertiary/aromatic N) is 1. The van der Waals surface area contributed by atoms with Gasteiger partial charge in [0.25, 0.3) is 5.91 Å². The maximum Gasteiger partial charge on any atom is 0.263 e. The molecule has 0 radical (unpaired) electrons. The summed E-state index contributed by atoms with van der Waals surface area (Å²) in [5, 5.41) is 15.9. The highest BCUT2D eigenvalue weighted by Gasteiger charge is 2.17. The van der Waals surface area contributed by atoms with Crippen LogP contribution in [0.3, 0.4) is 0 Å². The average molecular weight is 374 g/mol. The fraction of sp³-hybridized carbons (Fsp3) is 0.826. The van der Waals surface area contributed by atoms with Crippen molar-refractivity contribution in [2.45, 2.75) is 121 Å². The lowest BCUT2D eigenvalue weighted by Crippen LogP contribution is -2.36. The van der Waals surface area contributed by atoms with Crippen LogP contribution in [-0.2, 0) is 4.79 Å². The van der Waals surface area contributed by atoms with Gasteiger partial charge >= 0.3 is 0 Å². The van der Waals surface area contributed by atoms with Crippen LogP contribution in [0.5, 0.6) is 0 Å². The molecule has 0 spiro atoms. The quantitative estimate of drug-likeness (QED) is 0.389. The van der Waals surface area contributed by atoms with E-state index >= 15 is 0 Å². The van der Waals surface area contributed by atoms with Gasteiger partial charge in [0, 0.05) is 18.3 Å². The van der Waals surface area contributed by atoms with Crippen molar-refractivity contribution in [3.8, 4) is 6.07 Å². The molecule has 2 fully saturated rings. The fourth-order valence-corrected chi connectivity index (χ4v) is 4.37. The second-order valence-corrected chi connectivity index (χ2v) is 8.45. The third-order valence-corrected chi connectivity index (χ3v) is 6.12. The molecule has 27 heavy (non-hydrogen) atoms. The Morgan fingerprint density at radius 2 is 1.11 bits per heavy atom. The third-order valence-electron chi connectivity index (χ3n) is 6.12. The van der Waals surface area contributed by atoms with E-state index in [4.69, 9.17) is 0 Å². The van der Waals surface area contributed by atoms with Crippen LogP contribution in [0, 0.1) is 11.3 Å². The zero-order valence-electron chi connectivity index (χ0n) is 17.1. The largest absolute Gasteiger partial charge is 0.387 e. The predicted molar refractivity (Wildman–Crippen MR) is 111 cm³/mol. The number of nitriles is 1. The molecule has 4 nitrogen and oxygen atoms in total. The number of rotatable bonds is 4. The van der Waals surface area contributed by atoms with Crippen LogP contribution in [-0.4, -0.2) is 18.0 Å². The van der Waals surface area contributed by atoms with Gasteiger partial charge in [0.05, 0.1) is 0 Å². The van der Waals surface area contributed by atoms with Gasteiger partial charge in [-0.3, -0.25) is 4.79 Å². The molecule has 0 aromatic heterocycles. The van der Waals surface area contributed by atoms with E-state index in [1.165, 1.54) is 83.5 Å². The highest BCUT2D eigenvalue weighted by atomic mass is 16.1. The van der Waals surface area contributed by atoms with Crippen LogP contribution < -0.4 is 10.6 Å². The molecule has 2 aliphatic carbocycles. The lowest BCUT2D eigenvalue weighted by atomic mass is 9.97. The van der Waals surface area contributed by atoms with Gasteiger partial charge < -0.3 is 10.6 Å². The summed E-state index contributed by atoms with van der Waals surface area (Å²) >= 11 is 0. The molecule has 2 saturated carbocycles. The molecule has 4 heteroatoms. The van der Waals surface area contributed by atoms with Crippen molar-refractivity contribution in [1.29, 1.82) is 5.26 Å². The Hall–Kier alpha value is -1.50. The Morgan fingerprint density at radius 3 is 1.56 bits per heavy atom. The van der Waals surface area contributed by atoms with Crippen LogP contribution in [0.4, 0.5) is 0 Å². The Labute approximate surface area is 166 Å². The average Bonchev–Trinajstić information content (AvgIpc) is 2.93. The molecular formula is C23H39N3O. The molecular weight excluding hydrogens is 334 g/mol. The second-order valence-electron chi connectivity index (χ2n) is 8.45. The first-order chi connectivity index (χ1) is 13.3. The molecule has 0 saturated heterocycles. The number of carbonyl (C=O) groups is 1. The molecule has 0 heterocycles. The standard InChI is InChI=1S/C23H39N3O/c24-18-20(19-25-21-14-10-8-9-11-15-21)23(27)26-22-16-12-6-4-2-1-3-5-7-13-17-22/h19,21-22,25H,1-17H2,(H,26,27)/b20-19-. The van der Waals surface area contributed by atoms with E-state index in [-0.39, 0.29) is 17.5 Å². The van der Waals surface area contributed by atoms with Gasteiger partial charge in [-0.1, -0.05) is 83.5 Å². The maximum atomic E-state index is 12.6. The van der Waals surface area contributed by atoms with Gasteiger partial charge in [-0.15, -0.1) is 0 Å². The molecule has 0 aromatic rings. The van der Waals surface area contributed by atoms with Crippen LogP contribution in [0.1, 0.15) is 109 Å². The van der Waals surface area contributed by atoms with Crippen molar-refractivity contribution in [3.05, 3.63) is 11.8 Å². The molecule has 0 unspecified atom stereocenters. The van der Waals surface area contributed by atoms with Crippen LogP contribution in [0.2, 0.25) is 0 Å². The Morgan fingerprint density at radius 1 is 0.704 bits per heavy atom. The molecule has 2 aliphatic rings. The number of nitrogens with one attached hydrogen (secondary N) is 2. The summed E-state index contributed by atoms with van der Waals surface area (Å²) in [5.74, 6) is -0.198. The number of carbonyl (C=O) groups excluding carboxylic acids is 1. The van der Waals surface area contributed by atoms with Gasteiger partial charge in [-0.25, -0.2) is 0 Å². The van der Waals surface area contributed by atoms with E-state index in [1.54, 1.807) is 6.20 Å². The Bertz CT molecular complexity index is 474. The Kier molecular flexibility index (Phi) is 11.0. The van der Waals surface area contributed by atoms with Gasteiger partial charge in [0.15, 0.2) is 0 Å². The molecule has 0 bridgehead atoms. The smallest absolute Gasteiger partial charge is 0.263 e. The summed E-state index contributed by atoms with van der Waals surface area (Å²) < 4.78 is 0. The van der Waals surface area contributed by atoms with E-state index in [1.807, 2.05) is 0 Å². The van der Waals surface area contributed by atoms with Gasteiger partial charge in [-0.05, 0) is 25.7 Å². The monoisotopic (exact) mass is 373 g/mol. The van der Waals surface area contributed by atoms with Crippen molar-refractivity contribution in [2.75, 3.05) is 0 Å². The maximum absolute atomic E-state index is 12.6. The number of hydrogen-bond acceptors (Lipinski definition) is 3. The highest BCUT2D eigenvalue weighted by molar-refractivity contribution is 5.97. The first-order valence-corrected chi connectivity index (χ1v) is 11.5. The van der Waals surface area contributed by atoms with Crippen molar-refractivity contribution >= 4 is 5.91 Å². The lowest BCUT2D eigenvalue weighted by Gasteiger charge is -2.20. The molecule has 0 aromatic carbocycles. The first-order valence-electron chi connectivity index (χ1n) is 11.5. The number of hydrogen-bond donors (Lipinski definition) is 2. The van der Waals surface area contributed by atoms with E-state index in [0.29, 0.717) is 6.04 Å². The van der Waals surface area contributed by atoms with E-state index in [2.05, 4.69) is 16.7 Å². The summed E-state index contributed by atoms with van der Waals surface area (Å²) in [7, 11) is 0. The van der Waals surface area contributed by atoms with E-state index in [9.17, 15) is 10.1 Å². The molecule has 2 N–H and O–H groups in total. The number of amides is 1. The molecule has 2 rings (SSSR count). The molecule has 152 valence electrons. The zero-order chi connectivity index (χ0) is 19.2. The molecule has 0 atom stereocenters. The minimum Gasteiger partial charge on any atom is -0.387 e. The summed E-state index contributed by atoms with van der Waals surface area (Å²) in [6.07, 6.45) is 22.7. The van der Waals surface area contributed by atoms with Crippen molar-refractivity contribution in [2.24, 2.45) is 0 Å². The Balaban J connectivity index is 1.84. The van der Waals surface area contributed by atoms with Gasteiger partial charge in [-0.2, -0.15) is 5.26 Å². The molecule has 1 amide bonds. The van der Waals surface area contributed by atoms with Gasteiger partial charge in [0.1, 0.15) is 11.6 Å². The molecule has 0 aliphatic heterocycles. The van der Waals surface area contributed by atoms with E-state index in [0.717, 1.165) is 25.7 Å². The van der Waals surface area contributed by atoms with Crippen molar-refractivity contribution in [3.63, 3.8) is 0 Å². The lowest BCUT2D eigenvalue weighted by molar-refractivity contribution is -0.117. The van der Waals surface area contributed by atoms with Crippen LogP contribution in [0.25, 0.3) is 0 Å². The normalized spacial score (nSPS) is 22.6. The first kappa shape index (κ1) is 21.8. The minimum atomic E-state index is -0.198. The fourth-order valence-electron chi connectivity index (χ4n) is 4.37. The summed E-state index contributed by atoms with van der Waals surface area (Å²) in [4.78, 5) is 12.6. The van der Waals surface area contributed by atoms with Crippen LogP contribution >= 0.6 is 0 Å². The SMILES string of the molecule is N#C/C(=C/NC1CCCCCC1)C(=O)NC1CCCCCCCCCCC1. The zero-order valence-corrected chi connectivity index (χ0v) is 17.1. The van der Waals surface area contributed by atoms with Gasteiger partial charge in [0.2, 0.25) is 0 Å².